The zero-order valence-electron chi connectivity index (χ0n) is 17.8. The lowest BCUT2D eigenvalue weighted by Crippen LogP contribution is -2.47. The molecular formula is C23H31BrN6O. The molecule has 166 valence electrons. The highest BCUT2D eigenvalue weighted by molar-refractivity contribution is 9.10. The summed E-state index contributed by atoms with van der Waals surface area (Å²) in [7, 11) is 0. The molecule has 2 aliphatic heterocycles. The molecule has 0 saturated carbocycles. The smallest absolute Gasteiger partial charge is 0.225 e. The molecule has 8 heteroatoms. The Morgan fingerprint density at radius 3 is 2.48 bits per heavy atom. The topological polar surface area (TPSA) is 101 Å². The number of nitrogens with one attached hydrogen (secondary N) is 1. The number of aromatic nitrogens is 1. The minimum atomic E-state index is 0.144. The molecule has 0 atom stereocenters. The van der Waals surface area contributed by atoms with Gasteiger partial charge < -0.3 is 21.7 Å². The molecule has 7 nitrogen and oxygen atoms in total. The molecule has 3 heterocycles. The maximum absolute atomic E-state index is 13.1. The molecule has 0 aliphatic carbocycles. The maximum Gasteiger partial charge on any atom is 0.225 e. The van der Waals surface area contributed by atoms with E-state index in [-0.39, 0.29) is 5.92 Å². The normalized spacial score (nSPS) is 18.8. The predicted molar refractivity (Wildman–Crippen MR) is 128 cm³/mol. The van der Waals surface area contributed by atoms with Crippen LogP contribution < -0.4 is 16.8 Å². The summed E-state index contributed by atoms with van der Waals surface area (Å²) < 4.78 is 0.979. The van der Waals surface area contributed by atoms with Gasteiger partial charge in [-0.1, -0.05) is 15.9 Å². The number of hydrogen-bond donors (Lipinski definition) is 3. The summed E-state index contributed by atoms with van der Waals surface area (Å²) in [6.45, 7) is 4.37. The van der Waals surface area contributed by atoms with Crippen LogP contribution in [0.4, 0.5) is 17.2 Å². The number of anilines is 3. The van der Waals surface area contributed by atoms with Gasteiger partial charge in [-0.3, -0.25) is 9.69 Å². The van der Waals surface area contributed by atoms with E-state index in [0.29, 0.717) is 17.8 Å². The Labute approximate surface area is 192 Å². The third-order valence-corrected chi connectivity index (χ3v) is 6.86. The molecule has 1 amide bonds. The number of amides is 1. The number of hydrogen-bond acceptors (Lipinski definition) is 6. The molecule has 2 saturated heterocycles. The molecule has 2 aliphatic rings. The molecule has 0 spiro atoms. The number of carbonyl (C=O) groups excluding carboxylic acids is 1. The number of nitrogen functional groups attached to an aromatic ring is 2. The SMILES string of the molecule is Nc1cc(CN2CCC(C(=O)N3CCC(Nc4ccc(Br)cc4N)CC3)CC2)ccn1. The van der Waals surface area contributed by atoms with Gasteiger partial charge in [-0.05, 0) is 74.7 Å². The van der Waals surface area contributed by atoms with E-state index in [9.17, 15) is 4.79 Å². The lowest BCUT2D eigenvalue weighted by Gasteiger charge is -2.37. The van der Waals surface area contributed by atoms with Crippen molar-refractivity contribution in [1.82, 2.24) is 14.8 Å². The second-order valence-electron chi connectivity index (χ2n) is 8.61. The van der Waals surface area contributed by atoms with E-state index in [0.717, 1.165) is 74.3 Å². The lowest BCUT2D eigenvalue weighted by molar-refractivity contribution is -0.138. The van der Waals surface area contributed by atoms with Crippen LogP contribution >= 0.6 is 15.9 Å². The van der Waals surface area contributed by atoms with Crippen LogP contribution in [0.2, 0.25) is 0 Å². The first-order valence-corrected chi connectivity index (χ1v) is 11.8. The van der Waals surface area contributed by atoms with E-state index in [2.05, 4.69) is 36.0 Å². The Bertz CT molecular complexity index is 907. The molecule has 2 aromatic rings. The fraction of sp³-hybridized carbons (Fsp3) is 0.478. The first kappa shape index (κ1) is 21.9. The van der Waals surface area contributed by atoms with Crippen LogP contribution in [0.3, 0.4) is 0 Å². The van der Waals surface area contributed by atoms with Crippen molar-refractivity contribution >= 4 is 39.0 Å². The highest BCUT2D eigenvalue weighted by Crippen LogP contribution is 2.27. The average molecular weight is 487 g/mol. The fourth-order valence-electron chi connectivity index (χ4n) is 4.58. The standard InChI is InChI=1S/C23H31BrN6O/c24-18-1-2-21(20(25)14-18)28-19-6-11-30(12-7-19)23(31)17-4-9-29(10-5-17)15-16-3-8-27-22(26)13-16/h1-3,8,13-14,17,19,28H,4-7,9-12,15,25H2,(H2,26,27). The molecule has 5 N–H and O–H groups in total. The maximum atomic E-state index is 13.1. The van der Waals surface area contributed by atoms with Gasteiger partial charge in [0.1, 0.15) is 5.82 Å². The van der Waals surface area contributed by atoms with E-state index in [1.165, 1.54) is 5.56 Å². The van der Waals surface area contributed by atoms with Gasteiger partial charge in [0, 0.05) is 42.3 Å². The van der Waals surface area contributed by atoms with Crippen LogP contribution in [0.15, 0.2) is 41.0 Å². The summed E-state index contributed by atoms with van der Waals surface area (Å²) in [5.74, 6) is 1.03. The zero-order chi connectivity index (χ0) is 21.8. The van der Waals surface area contributed by atoms with Gasteiger partial charge in [-0.15, -0.1) is 0 Å². The number of nitrogens with zero attached hydrogens (tertiary/aromatic N) is 3. The van der Waals surface area contributed by atoms with Crippen LogP contribution in [-0.2, 0) is 11.3 Å². The van der Waals surface area contributed by atoms with Crippen LogP contribution in [0.1, 0.15) is 31.2 Å². The van der Waals surface area contributed by atoms with Crippen LogP contribution in [-0.4, -0.2) is 52.9 Å². The number of pyridine rings is 1. The third kappa shape index (κ3) is 5.68. The predicted octanol–water partition coefficient (Wildman–Crippen LogP) is 3.32. The molecule has 2 fully saturated rings. The van der Waals surface area contributed by atoms with Gasteiger partial charge in [-0.2, -0.15) is 0 Å². The number of nitrogens with two attached hydrogens (primary N) is 2. The first-order chi connectivity index (χ1) is 15.0. The quantitative estimate of drug-likeness (QED) is 0.560. The van der Waals surface area contributed by atoms with Gasteiger partial charge in [0.25, 0.3) is 0 Å². The van der Waals surface area contributed by atoms with Crippen molar-refractivity contribution in [2.75, 3.05) is 43.0 Å². The third-order valence-electron chi connectivity index (χ3n) is 6.37. The summed E-state index contributed by atoms with van der Waals surface area (Å²) in [4.78, 5) is 21.6. The molecular weight excluding hydrogens is 456 g/mol. The van der Waals surface area contributed by atoms with Crippen molar-refractivity contribution in [3.8, 4) is 0 Å². The number of carbonyl (C=O) groups is 1. The van der Waals surface area contributed by atoms with Crippen LogP contribution in [0.5, 0.6) is 0 Å². The lowest BCUT2D eigenvalue weighted by atomic mass is 9.93. The molecule has 0 unspecified atom stereocenters. The van der Waals surface area contributed by atoms with Crippen LogP contribution in [0.25, 0.3) is 0 Å². The summed E-state index contributed by atoms with van der Waals surface area (Å²) in [5.41, 5.74) is 14.8. The summed E-state index contributed by atoms with van der Waals surface area (Å²) in [5, 5.41) is 3.54. The minimum absolute atomic E-state index is 0.144. The number of halogens is 1. The van der Waals surface area contributed by atoms with E-state index in [4.69, 9.17) is 11.5 Å². The Morgan fingerprint density at radius 1 is 1.06 bits per heavy atom. The van der Waals surface area contributed by atoms with Crippen molar-refractivity contribution in [3.63, 3.8) is 0 Å². The van der Waals surface area contributed by atoms with Gasteiger partial charge >= 0.3 is 0 Å². The van der Waals surface area contributed by atoms with E-state index in [1.54, 1.807) is 6.20 Å². The molecule has 1 aromatic heterocycles. The molecule has 1 aromatic carbocycles. The largest absolute Gasteiger partial charge is 0.397 e. The van der Waals surface area contributed by atoms with Gasteiger partial charge in [0.2, 0.25) is 5.91 Å². The van der Waals surface area contributed by atoms with E-state index >= 15 is 0 Å². The highest BCUT2D eigenvalue weighted by Gasteiger charge is 2.31. The van der Waals surface area contributed by atoms with Crippen molar-refractivity contribution < 1.29 is 4.79 Å². The van der Waals surface area contributed by atoms with Gasteiger partial charge in [0.15, 0.2) is 0 Å². The van der Waals surface area contributed by atoms with Gasteiger partial charge in [0.05, 0.1) is 11.4 Å². The zero-order valence-corrected chi connectivity index (χ0v) is 19.4. The molecule has 0 radical (unpaired) electrons. The second-order valence-corrected chi connectivity index (χ2v) is 9.53. The Morgan fingerprint density at radius 2 is 1.81 bits per heavy atom. The molecule has 31 heavy (non-hydrogen) atoms. The minimum Gasteiger partial charge on any atom is -0.397 e. The Hall–Kier alpha value is -2.32. The average Bonchev–Trinajstić information content (AvgIpc) is 2.76. The summed E-state index contributed by atoms with van der Waals surface area (Å²) in [6.07, 6.45) is 5.50. The van der Waals surface area contributed by atoms with E-state index in [1.807, 2.05) is 30.3 Å². The number of benzene rings is 1. The number of likely N-dealkylation sites (tertiary alicyclic amines) is 2. The summed E-state index contributed by atoms with van der Waals surface area (Å²) >= 11 is 3.44. The van der Waals surface area contributed by atoms with Crippen LogP contribution in [0, 0.1) is 5.92 Å². The van der Waals surface area contributed by atoms with Crippen molar-refractivity contribution in [3.05, 3.63) is 46.6 Å². The Balaban J connectivity index is 1.22. The molecule has 4 rings (SSSR count). The van der Waals surface area contributed by atoms with Crippen molar-refractivity contribution in [2.24, 2.45) is 5.92 Å². The summed E-state index contributed by atoms with van der Waals surface area (Å²) in [6, 6.07) is 10.2. The number of piperidine rings is 2. The van der Waals surface area contributed by atoms with Crippen molar-refractivity contribution in [1.29, 1.82) is 0 Å². The Kier molecular flexibility index (Phi) is 6.97. The van der Waals surface area contributed by atoms with E-state index < -0.39 is 0 Å². The fourth-order valence-corrected chi connectivity index (χ4v) is 4.96. The van der Waals surface area contributed by atoms with Crippen molar-refractivity contribution in [2.45, 2.75) is 38.3 Å². The molecule has 0 bridgehead atoms. The van der Waals surface area contributed by atoms with Gasteiger partial charge in [-0.25, -0.2) is 4.98 Å². The first-order valence-electron chi connectivity index (χ1n) is 11.0. The highest BCUT2D eigenvalue weighted by atomic mass is 79.9. The monoisotopic (exact) mass is 486 g/mol. The second kappa shape index (κ2) is 9.87. The number of rotatable bonds is 5.